The van der Waals surface area contributed by atoms with E-state index in [-0.39, 0.29) is 12.5 Å². The summed E-state index contributed by atoms with van der Waals surface area (Å²) in [5, 5.41) is 5.18. The molecule has 0 unspecified atom stereocenters. The zero-order chi connectivity index (χ0) is 20.1. The van der Waals surface area contributed by atoms with Crippen molar-refractivity contribution in [2.75, 3.05) is 23.9 Å². The summed E-state index contributed by atoms with van der Waals surface area (Å²) in [5.74, 6) is -0.674. The molecule has 1 aliphatic heterocycles. The number of benzene rings is 2. The molecule has 0 saturated carbocycles. The predicted octanol–water partition coefficient (Wildman–Crippen LogP) is 2.39. The first kappa shape index (κ1) is 19.4. The number of anilines is 2. The zero-order valence-corrected chi connectivity index (χ0v) is 16.0. The normalized spacial score (nSPS) is 13.4. The molecule has 0 spiro atoms. The maximum atomic E-state index is 12.1. The number of carbonyl (C=O) groups is 3. The third-order valence-corrected chi connectivity index (χ3v) is 4.61. The molecule has 146 valence electrons. The summed E-state index contributed by atoms with van der Waals surface area (Å²) < 4.78 is 5.14. The Morgan fingerprint density at radius 1 is 1.14 bits per heavy atom. The Bertz CT molecular complexity index is 910. The molecule has 0 aliphatic carbocycles. The van der Waals surface area contributed by atoms with Gasteiger partial charge in [-0.1, -0.05) is 12.1 Å². The topological polar surface area (TPSA) is 87.7 Å². The van der Waals surface area contributed by atoms with Crippen molar-refractivity contribution < 1.29 is 19.1 Å². The first-order valence-corrected chi connectivity index (χ1v) is 9.11. The second-order valence-corrected chi connectivity index (χ2v) is 6.64. The van der Waals surface area contributed by atoms with E-state index in [0.29, 0.717) is 24.4 Å². The summed E-state index contributed by atoms with van der Waals surface area (Å²) in [6, 6.07) is 12.5. The lowest BCUT2D eigenvalue weighted by molar-refractivity contribution is -0.136. The van der Waals surface area contributed by atoms with Crippen molar-refractivity contribution in [2.45, 2.75) is 26.3 Å². The van der Waals surface area contributed by atoms with Crippen LogP contribution >= 0.6 is 0 Å². The van der Waals surface area contributed by atoms with Crippen LogP contribution in [0.25, 0.3) is 0 Å². The van der Waals surface area contributed by atoms with Gasteiger partial charge in [-0.3, -0.25) is 14.4 Å². The number of aryl methyl sites for hydroxylation is 1. The number of hydrogen-bond acceptors (Lipinski definition) is 4. The van der Waals surface area contributed by atoms with Crippen LogP contribution in [0.5, 0.6) is 5.75 Å². The lowest BCUT2D eigenvalue weighted by Crippen LogP contribution is -2.35. The summed E-state index contributed by atoms with van der Waals surface area (Å²) >= 11 is 0. The maximum Gasteiger partial charge on any atom is 0.313 e. The molecular weight excluding hydrogens is 358 g/mol. The third-order valence-electron chi connectivity index (χ3n) is 4.61. The van der Waals surface area contributed by atoms with E-state index in [1.165, 1.54) is 0 Å². The van der Waals surface area contributed by atoms with Gasteiger partial charge in [0, 0.05) is 30.9 Å². The van der Waals surface area contributed by atoms with Crippen molar-refractivity contribution in [3.05, 3.63) is 53.6 Å². The van der Waals surface area contributed by atoms with E-state index in [1.807, 2.05) is 19.1 Å². The first-order valence-electron chi connectivity index (χ1n) is 9.11. The van der Waals surface area contributed by atoms with E-state index in [1.54, 1.807) is 42.3 Å². The second kappa shape index (κ2) is 8.56. The molecule has 7 heteroatoms. The fourth-order valence-corrected chi connectivity index (χ4v) is 3.17. The van der Waals surface area contributed by atoms with Crippen LogP contribution in [0.2, 0.25) is 0 Å². The molecule has 1 fully saturated rings. The van der Waals surface area contributed by atoms with Gasteiger partial charge < -0.3 is 20.3 Å². The Labute approximate surface area is 163 Å². The van der Waals surface area contributed by atoms with Gasteiger partial charge in [-0.25, -0.2) is 0 Å². The SMILES string of the molecule is COc1cccc(CNC(=O)C(=O)Nc2ccc(N3CCCC3=O)c(C)c2)c1. The van der Waals surface area contributed by atoms with Crippen LogP contribution in [0, 0.1) is 6.92 Å². The first-order chi connectivity index (χ1) is 13.5. The highest BCUT2D eigenvalue weighted by Gasteiger charge is 2.23. The largest absolute Gasteiger partial charge is 0.497 e. The molecule has 2 aromatic rings. The fraction of sp³-hybridized carbons (Fsp3) is 0.286. The van der Waals surface area contributed by atoms with Gasteiger partial charge in [0.05, 0.1) is 7.11 Å². The van der Waals surface area contributed by atoms with E-state index < -0.39 is 11.8 Å². The quantitative estimate of drug-likeness (QED) is 0.779. The summed E-state index contributed by atoms with van der Waals surface area (Å²) in [4.78, 5) is 37.9. The summed E-state index contributed by atoms with van der Waals surface area (Å²) in [6.07, 6.45) is 1.41. The second-order valence-electron chi connectivity index (χ2n) is 6.64. The average Bonchev–Trinajstić information content (AvgIpc) is 3.12. The lowest BCUT2D eigenvalue weighted by Gasteiger charge is -2.19. The Balaban J connectivity index is 1.58. The number of amides is 3. The van der Waals surface area contributed by atoms with Crippen LogP contribution in [-0.2, 0) is 20.9 Å². The van der Waals surface area contributed by atoms with Gasteiger partial charge in [0.1, 0.15) is 5.75 Å². The van der Waals surface area contributed by atoms with Crippen molar-refractivity contribution in [1.82, 2.24) is 5.32 Å². The van der Waals surface area contributed by atoms with Gasteiger partial charge in [-0.2, -0.15) is 0 Å². The molecule has 2 N–H and O–H groups in total. The molecule has 0 radical (unpaired) electrons. The van der Waals surface area contributed by atoms with Crippen LogP contribution < -0.4 is 20.3 Å². The summed E-state index contributed by atoms with van der Waals surface area (Å²) in [6.45, 7) is 2.80. The molecule has 1 saturated heterocycles. The van der Waals surface area contributed by atoms with Gasteiger partial charge in [-0.15, -0.1) is 0 Å². The highest BCUT2D eigenvalue weighted by molar-refractivity contribution is 6.39. The van der Waals surface area contributed by atoms with Crippen molar-refractivity contribution in [1.29, 1.82) is 0 Å². The van der Waals surface area contributed by atoms with Gasteiger partial charge in [0.2, 0.25) is 5.91 Å². The minimum Gasteiger partial charge on any atom is -0.497 e. The highest BCUT2D eigenvalue weighted by atomic mass is 16.5. The van der Waals surface area contributed by atoms with Gasteiger partial charge in [-0.05, 0) is 54.8 Å². The fourth-order valence-electron chi connectivity index (χ4n) is 3.17. The Morgan fingerprint density at radius 2 is 1.96 bits per heavy atom. The van der Waals surface area contributed by atoms with E-state index >= 15 is 0 Å². The highest BCUT2D eigenvalue weighted by Crippen LogP contribution is 2.27. The van der Waals surface area contributed by atoms with Crippen molar-refractivity contribution in [3.63, 3.8) is 0 Å². The minimum absolute atomic E-state index is 0.108. The van der Waals surface area contributed by atoms with Crippen molar-refractivity contribution in [3.8, 4) is 5.75 Å². The van der Waals surface area contributed by atoms with E-state index in [2.05, 4.69) is 10.6 Å². The molecule has 2 aromatic carbocycles. The Kier molecular flexibility index (Phi) is 5.93. The van der Waals surface area contributed by atoms with Crippen LogP contribution in [-0.4, -0.2) is 31.4 Å². The number of nitrogens with one attached hydrogen (secondary N) is 2. The van der Waals surface area contributed by atoms with Crippen molar-refractivity contribution in [2.24, 2.45) is 0 Å². The third kappa shape index (κ3) is 4.49. The van der Waals surface area contributed by atoms with Crippen molar-refractivity contribution >= 4 is 29.1 Å². The number of methoxy groups -OCH3 is 1. The van der Waals surface area contributed by atoms with Crippen LogP contribution in [0.15, 0.2) is 42.5 Å². The standard InChI is InChI=1S/C21H23N3O4/c1-14-11-16(8-9-18(14)24-10-4-7-19(24)25)23-21(27)20(26)22-13-15-5-3-6-17(12-15)28-2/h3,5-6,8-9,11-12H,4,7,10,13H2,1-2H3,(H,22,26)(H,23,27). The lowest BCUT2D eigenvalue weighted by atomic mass is 10.1. The average molecular weight is 381 g/mol. The number of ether oxygens (including phenoxy) is 1. The van der Waals surface area contributed by atoms with E-state index in [4.69, 9.17) is 4.74 Å². The molecule has 3 amide bonds. The number of nitrogens with zero attached hydrogens (tertiary/aromatic N) is 1. The molecule has 0 aromatic heterocycles. The number of hydrogen-bond donors (Lipinski definition) is 2. The van der Waals surface area contributed by atoms with Gasteiger partial charge in [0.25, 0.3) is 0 Å². The summed E-state index contributed by atoms with van der Waals surface area (Å²) in [7, 11) is 1.57. The minimum atomic E-state index is -0.743. The molecule has 0 atom stereocenters. The molecule has 0 bridgehead atoms. The van der Waals surface area contributed by atoms with Gasteiger partial charge in [0.15, 0.2) is 0 Å². The maximum absolute atomic E-state index is 12.1. The molecular formula is C21H23N3O4. The zero-order valence-electron chi connectivity index (χ0n) is 16.0. The Hall–Kier alpha value is -3.35. The number of rotatable bonds is 5. The summed E-state index contributed by atoms with van der Waals surface area (Å²) in [5.41, 5.74) is 3.04. The monoisotopic (exact) mass is 381 g/mol. The molecule has 7 nitrogen and oxygen atoms in total. The van der Waals surface area contributed by atoms with Gasteiger partial charge >= 0.3 is 11.8 Å². The van der Waals surface area contributed by atoms with Crippen LogP contribution in [0.3, 0.4) is 0 Å². The molecule has 3 rings (SSSR count). The Morgan fingerprint density at radius 3 is 2.64 bits per heavy atom. The predicted molar refractivity (Wildman–Crippen MR) is 106 cm³/mol. The molecule has 1 heterocycles. The van der Waals surface area contributed by atoms with Crippen LogP contribution in [0.4, 0.5) is 11.4 Å². The van der Waals surface area contributed by atoms with E-state index in [9.17, 15) is 14.4 Å². The number of carbonyl (C=O) groups excluding carboxylic acids is 3. The van der Waals surface area contributed by atoms with Crippen LogP contribution in [0.1, 0.15) is 24.0 Å². The smallest absolute Gasteiger partial charge is 0.313 e. The molecule has 28 heavy (non-hydrogen) atoms. The van der Waals surface area contributed by atoms with E-state index in [0.717, 1.165) is 23.2 Å². The molecule has 1 aliphatic rings.